The first-order chi connectivity index (χ1) is 2.41. The molecule has 27 valence electrons. The van der Waals surface area contributed by atoms with Crippen molar-refractivity contribution in [1.82, 2.24) is 0 Å². The van der Waals surface area contributed by atoms with Crippen molar-refractivity contribution in [1.29, 1.82) is 0 Å². The number of hydrogen-bond acceptors (Lipinski definition) is 1. The summed E-state index contributed by atoms with van der Waals surface area (Å²) in [4.78, 5) is 8.95. The van der Waals surface area contributed by atoms with Crippen LogP contribution in [-0.2, 0) is 4.79 Å². The van der Waals surface area contributed by atoms with E-state index in [1.807, 2.05) is 0 Å². The molecule has 0 heterocycles. The average Bonchev–Trinajstić information content (AvgIpc) is 1.41. The van der Waals surface area contributed by atoms with Gasteiger partial charge in [-0.1, -0.05) is 0 Å². The Morgan fingerprint density at radius 2 is 2.40 bits per heavy atom. The fraction of sp³-hybridized carbons (Fsp3) is 0. The molecule has 0 N–H and O–H groups in total. The Hall–Kier alpha value is -0.660. The van der Waals surface area contributed by atoms with E-state index in [9.17, 15) is 4.39 Å². The molecule has 0 amide bonds. The van der Waals surface area contributed by atoms with E-state index in [0.717, 1.165) is 0 Å². The number of rotatable bonds is 1. The van der Waals surface area contributed by atoms with Crippen molar-refractivity contribution in [3.63, 3.8) is 0 Å². The van der Waals surface area contributed by atoms with Gasteiger partial charge in [0, 0.05) is 6.08 Å². The molecule has 0 aromatic carbocycles. The van der Waals surface area contributed by atoms with Gasteiger partial charge in [-0.2, -0.15) is 0 Å². The summed E-state index contributed by atoms with van der Waals surface area (Å²) < 4.78 is 10.6. The van der Waals surface area contributed by atoms with Crippen LogP contribution in [0, 0.1) is 0 Å². The van der Waals surface area contributed by atoms with Gasteiger partial charge in [0.1, 0.15) is 0 Å². The van der Waals surface area contributed by atoms with Crippen LogP contribution >= 0.6 is 0 Å². The molecular formula is C3H2FO. The minimum Gasteiger partial charge on any atom is -0.285 e. The molecular weight excluding hydrogens is 71.0 g/mol. The van der Waals surface area contributed by atoms with Crippen molar-refractivity contribution in [3.05, 3.63) is 12.4 Å². The molecule has 5 heavy (non-hydrogen) atoms. The third kappa shape index (κ3) is 3.34. The second-order valence-electron chi connectivity index (χ2n) is 0.411. The Bertz CT molecular complexity index is 48.9. The maximum Gasteiger partial charge on any atom is 0.228 e. The highest BCUT2D eigenvalue weighted by Gasteiger charge is 1.54. The Morgan fingerprint density at radius 1 is 1.80 bits per heavy atom. The molecule has 0 aliphatic carbocycles. The minimum atomic E-state index is 0.132. The molecule has 0 atom stereocenters. The lowest BCUT2D eigenvalue weighted by atomic mass is 10.7. The van der Waals surface area contributed by atoms with E-state index in [0.29, 0.717) is 6.08 Å². The monoisotopic (exact) mass is 73.0 g/mol. The summed E-state index contributed by atoms with van der Waals surface area (Å²) in [5, 5.41) is 0. The van der Waals surface area contributed by atoms with Crippen LogP contribution in [0.15, 0.2) is 12.4 Å². The standard InChI is InChI=1S/C3H2FO/c4-2-1-3-5/h1-2H. The maximum absolute atomic E-state index is 10.6. The van der Waals surface area contributed by atoms with Gasteiger partial charge in [0.2, 0.25) is 6.29 Å². The highest BCUT2D eigenvalue weighted by molar-refractivity contribution is 5.64. The van der Waals surface area contributed by atoms with E-state index in [-0.39, 0.29) is 6.33 Å². The second-order valence-corrected chi connectivity index (χ2v) is 0.411. The van der Waals surface area contributed by atoms with Gasteiger partial charge < -0.3 is 0 Å². The number of allylic oxidation sites excluding steroid dienone is 1. The lowest BCUT2D eigenvalue weighted by Crippen LogP contribution is -1.48. The zero-order valence-corrected chi connectivity index (χ0v) is 2.44. The summed E-state index contributed by atoms with van der Waals surface area (Å²) in [6, 6.07) is 0. The summed E-state index contributed by atoms with van der Waals surface area (Å²) >= 11 is 0. The smallest absolute Gasteiger partial charge is 0.228 e. The lowest BCUT2D eigenvalue weighted by Gasteiger charge is -1.45. The maximum atomic E-state index is 10.6. The van der Waals surface area contributed by atoms with Crippen molar-refractivity contribution in [2.45, 2.75) is 0 Å². The highest BCUT2D eigenvalue weighted by atomic mass is 19.1. The molecule has 0 aliphatic rings. The molecule has 0 rings (SSSR count). The van der Waals surface area contributed by atoms with Crippen molar-refractivity contribution >= 4 is 6.29 Å². The SMILES string of the molecule is O=[C]C=CF. The molecule has 0 fully saturated rings. The Morgan fingerprint density at radius 3 is 2.40 bits per heavy atom. The zero-order valence-electron chi connectivity index (χ0n) is 2.44. The summed E-state index contributed by atoms with van der Waals surface area (Å²) in [6.45, 7) is 0. The first kappa shape index (κ1) is 4.34. The fourth-order valence-corrected chi connectivity index (χ4v) is 0.0257. The molecule has 1 radical (unpaired) electrons. The van der Waals surface area contributed by atoms with Crippen molar-refractivity contribution < 1.29 is 9.18 Å². The molecule has 0 bridgehead atoms. The first-order valence-electron chi connectivity index (χ1n) is 1.04. The van der Waals surface area contributed by atoms with Crippen molar-refractivity contribution in [2.75, 3.05) is 0 Å². The Balaban J connectivity index is 2.92. The molecule has 2 heteroatoms. The van der Waals surface area contributed by atoms with Gasteiger partial charge in [0.15, 0.2) is 0 Å². The number of halogens is 1. The molecule has 0 aromatic heterocycles. The largest absolute Gasteiger partial charge is 0.285 e. The predicted octanol–water partition coefficient (Wildman–Crippen LogP) is 0.579. The van der Waals surface area contributed by atoms with Crippen LogP contribution in [0.4, 0.5) is 4.39 Å². The Kier molecular flexibility index (Phi) is 2.90. The van der Waals surface area contributed by atoms with Gasteiger partial charge in [0.05, 0.1) is 6.33 Å². The Labute approximate surface area is 29.1 Å². The van der Waals surface area contributed by atoms with Crippen LogP contribution in [0.25, 0.3) is 0 Å². The summed E-state index contributed by atoms with van der Waals surface area (Å²) in [6.07, 6.45) is 2.00. The minimum absolute atomic E-state index is 0.132. The van der Waals surface area contributed by atoms with Crippen LogP contribution in [0.5, 0.6) is 0 Å². The van der Waals surface area contributed by atoms with Crippen LogP contribution in [0.3, 0.4) is 0 Å². The first-order valence-corrected chi connectivity index (χ1v) is 1.04. The molecule has 1 nitrogen and oxygen atoms in total. The van der Waals surface area contributed by atoms with Crippen LogP contribution < -0.4 is 0 Å². The van der Waals surface area contributed by atoms with E-state index in [2.05, 4.69) is 0 Å². The zero-order chi connectivity index (χ0) is 4.12. The fourth-order valence-electron chi connectivity index (χ4n) is 0.0257. The van der Waals surface area contributed by atoms with Gasteiger partial charge in [-0.15, -0.1) is 0 Å². The molecule has 0 saturated carbocycles. The molecule has 0 unspecified atom stereocenters. The normalized spacial score (nSPS) is 9.00. The summed E-state index contributed by atoms with van der Waals surface area (Å²) in [7, 11) is 0. The molecule has 0 aromatic rings. The quantitative estimate of drug-likeness (QED) is 0.415. The summed E-state index contributed by atoms with van der Waals surface area (Å²) in [5.74, 6) is 0. The van der Waals surface area contributed by atoms with Gasteiger partial charge in [0.25, 0.3) is 0 Å². The molecule has 0 spiro atoms. The topological polar surface area (TPSA) is 17.1 Å². The van der Waals surface area contributed by atoms with Gasteiger partial charge in [-0.05, 0) is 0 Å². The number of carbonyl (C=O) groups excluding carboxylic acids is 1. The molecule has 0 aliphatic heterocycles. The summed E-state index contributed by atoms with van der Waals surface area (Å²) in [5.41, 5.74) is 0. The van der Waals surface area contributed by atoms with Crippen molar-refractivity contribution in [3.8, 4) is 0 Å². The third-order valence-corrected chi connectivity index (χ3v) is 0.131. The van der Waals surface area contributed by atoms with Crippen LogP contribution in [0.2, 0.25) is 0 Å². The van der Waals surface area contributed by atoms with Gasteiger partial charge in [-0.3, -0.25) is 4.79 Å². The van der Waals surface area contributed by atoms with Crippen LogP contribution in [-0.4, -0.2) is 6.29 Å². The van der Waals surface area contributed by atoms with E-state index in [1.54, 1.807) is 0 Å². The van der Waals surface area contributed by atoms with E-state index < -0.39 is 0 Å². The van der Waals surface area contributed by atoms with E-state index >= 15 is 0 Å². The van der Waals surface area contributed by atoms with Crippen LogP contribution in [0.1, 0.15) is 0 Å². The molecule has 0 saturated heterocycles. The average molecular weight is 73.0 g/mol. The van der Waals surface area contributed by atoms with E-state index in [4.69, 9.17) is 4.79 Å². The van der Waals surface area contributed by atoms with Gasteiger partial charge >= 0.3 is 0 Å². The predicted molar refractivity (Wildman–Crippen MR) is 15.9 cm³/mol. The van der Waals surface area contributed by atoms with E-state index in [1.165, 1.54) is 6.29 Å². The van der Waals surface area contributed by atoms with Crippen molar-refractivity contribution in [2.24, 2.45) is 0 Å². The van der Waals surface area contributed by atoms with Gasteiger partial charge in [-0.25, -0.2) is 4.39 Å². The number of hydrogen-bond donors (Lipinski definition) is 0. The highest BCUT2D eigenvalue weighted by Crippen LogP contribution is 1.61. The lowest BCUT2D eigenvalue weighted by molar-refractivity contribution is 0.563. The second kappa shape index (κ2) is 3.34. The third-order valence-electron chi connectivity index (χ3n) is 0.131.